The Morgan fingerprint density at radius 2 is 1.55 bits per heavy atom. The van der Waals surface area contributed by atoms with Gasteiger partial charge in [0.05, 0.1) is 9.82 Å². The molecule has 0 spiro atoms. The largest absolute Gasteiger partial charge is 0.322 e. The molecule has 0 fully saturated rings. The molecule has 3 aromatic rings. The summed E-state index contributed by atoms with van der Waals surface area (Å²) < 4.78 is 27.3. The molecular formula is C20H17N3O5S. The fourth-order valence-corrected chi connectivity index (χ4v) is 3.76. The van der Waals surface area contributed by atoms with Crippen LogP contribution in [0.25, 0.3) is 0 Å². The maximum atomic E-state index is 12.5. The number of hydrogen-bond donors (Lipinski definition) is 2. The van der Waals surface area contributed by atoms with Gasteiger partial charge in [-0.3, -0.25) is 19.6 Å². The Morgan fingerprint density at radius 3 is 2.17 bits per heavy atom. The van der Waals surface area contributed by atoms with E-state index in [1.54, 1.807) is 30.3 Å². The van der Waals surface area contributed by atoms with Gasteiger partial charge in [0, 0.05) is 28.6 Å². The van der Waals surface area contributed by atoms with Crippen LogP contribution in [-0.2, 0) is 10.0 Å². The van der Waals surface area contributed by atoms with E-state index in [1.165, 1.54) is 49.4 Å². The van der Waals surface area contributed by atoms with E-state index >= 15 is 0 Å². The third kappa shape index (κ3) is 4.58. The number of sulfonamides is 1. The second kappa shape index (κ2) is 8.11. The molecular weight excluding hydrogens is 394 g/mol. The highest BCUT2D eigenvalue weighted by molar-refractivity contribution is 7.92. The summed E-state index contributed by atoms with van der Waals surface area (Å²) >= 11 is 0. The van der Waals surface area contributed by atoms with Crippen molar-refractivity contribution in [3.8, 4) is 0 Å². The van der Waals surface area contributed by atoms with Crippen molar-refractivity contribution in [3.63, 3.8) is 0 Å². The molecule has 148 valence electrons. The van der Waals surface area contributed by atoms with Crippen molar-refractivity contribution in [2.75, 3.05) is 10.0 Å². The third-order valence-corrected chi connectivity index (χ3v) is 5.59. The first-order chi connectivity index (χ1) is 13.8. The van der Waals surface area contributed by atoms with Gasteiger partial charge >= 0.3 is 0 Å². The topological polar surface area (TPSA) is 118 Å². The van der Waals surface area contributed by atoms with Crippen LogP contribution in [0.3, 0.4) is 0 Å². The van der Waals surface area contributed by atoms with Gasteiger partial charge in [-0.05, 0) is 49.4 Å². The van der Waals surface area contributed by atoms with Crippen LogP contribution in [0.5, 0.6) is 0 Å². The molecule has 0 saturated carbocycles. The molecule has 0 aromatic heterocycles. The summed E-state index contributed by atoms with van der Waals surface area (Å²) in [6.45, 7) is 1.50. The summed E-state index contributed by atoms with van der Waals surface area (Å²) in [6, 6.07) is 18.3. The number of anilines is 2. The standard InChI is InChI=1S/C20H17N3O5S/c1-14-18(8-5-9-19(14)23(25)26)20(24)21-15-10-12-17(13-11-15)29(27,28)22-16-6-3-2-4-7-16/h2-13,22H,1H3,(H,21,24). The quantitative estimate of drug-likeness (QED) is 0.470. The molecule has 0 atom stereocenters. The van der Waals surface area contributed by atoms with Crippen LogP contribution >= 0.6 is 0 Å². The molecule has 29 heavy (non-hydrogen) atoms. The first-order valence-corrected chi connectivity index (χ1v) is 9.99. The van der Waals surface area contributed by atoms with Gasteiger partial charge in [0.25, 0.3) is 21.6 Å². The number of hydrogen-bond acceptors (Lipinski definition) is 5. The van der Waals surface area contributed by atoms with Gasteiger partial charge < -0.3 is 5.32 Å². The highest BCUT2D eigenvalue weighted by Crippen LogP contribution is 2.23. The summed E-state index contributed by atoms with van der Waals surface area (Å²) in [5.74, 6) is -0.524. The van der Waals surface area contributed by atoms with Crippen LogP contribution in [-0.4, -0.2) is 19.2 Å². The van der Waals surface area contributed by atoms with Crippen LogP contribution < -0.4 is 10.0 Å². The molecule has 0 saturated heterocycles. The first kappa shape index (κ1) is 20.0. The minimum Gasteiger partial charge on any atom is -0.322 e. The van der Waals surface area contributed by atoms with Crippen molar-refractivity contribution in [1.29, 1.82) is 0 Å². The van der Waals surface area contributed by atoms with E-state index in [-0.39, 0.29) is 21.7 Å². The van der Waals surface area contributed by atoms with E-state index in [9.17, 15) is 23.3 Å². The van der Waals surface area contributed by atoms with Crippen LogP contribution in [0.2, 0.25) is 0 Å². The summed E-state index contributed by atoms with van der Waals surface area (Å²) in [7, 11) is -3.77. The monoisotopic (exact) mass is 411 g/mol. The predicted molar refractivity (Wildman–Crippen MR) is 109 cm³/mol. The molecule has 9 heteroatoms. The number of carbonyl (C=O) groups excluding carboxylic acids is 1. The van der Waals surface area contributed by atoms with E-state index in [1.807, 2.05) is 0 Å². The fourth-order valence-electron chi connectivity index (χ4n) is 2.70. The van der Waals surface area contributed by atoms with Crippen molar-refractivity contribution in [2.24, 2.45) is 0 Å². The number of amides is 1. The smallest absolute Gasteiger partial charge is 0.273 e. The van der Waals surface area contributed by atoms with Crippen molar-refractivity contribution in [2.45, 2.75) is 11.8 Å². The van der Waals surface area contributed by atoms with Crippen LogP contribution in [0.15, 0.2) is 77.7 Å². The number of carbonyl (C=O) groups is 1. The zero-order chi connectivity index (χ0) is 21.0. The number of nitro benzene ring substituents is 1. The minimum atomic E-state index is -3.77. The molecule has 3 rings (SSSR count). The lowest BCUT2D eigenvalue weighted by Crippen LogP contribution is -2.15. The Bertz CT molecular complexity index is 1160. The maximum absolute atomic E-state index is 12.5. The van der Waals surface area contributed by atoms with Gasteiger partial charge in [-0.25, -0.2) is 8.42 Å². The molecule has 3 aromatic carbocycles. The average molecular weight is 411 g/mol. The van der Waals surface area contributed by atoms with E-state index in [2.05, 4.69) is 10.0 Å². The van der Waals surface area contributed by atoms with Crippen molar-refractivity contribution in [1.82, 2.24) is 0 Å². The summed E-state index contributed by atoms with van der Waals surface area (Å²) in [4.78, 5) is 23.0. The molecule has 0 bridgehead atoms. The molecule has 0 heterocycles. The molecule has 0 aliphatic carbocycles. The molecule has 8 nitrogen and oxygen atoms in total. The molecule has 0 aliphatic rings. The Balaban J connectivity index is 1.76. The van der Waals surface area contributed by atoms with Crippen LogP contribution in [0, 0.1) is 17.0 Å². The zero-order valence-corrected chi connectivity index (χ0v) is 16.1. The van der Waals surface area contributed by atoms with Crippen molar-refractivity contribution in [3.05, 3.63) is 94.0 Å². The van der Waals surface area contributed by atoms with Gasteiger partial charge in [0.2, 0.25) is 0 Å². The second-order valence-electron chi connectivity index (χ2n) is 6.16. The molecule has 0 aliphatic heterocycles. The minimum absolute atomic E-state index is 0.0332. The Hall–Kier alpha value is -3.72. The summed E-state index contributed by atoms with van der Waals surface area (Å²) in [5.41, 5.74) is 1.07. The van der Waals surface area contributed by atoms with E-state index in [0.29, 0.717) is 11.4 Å². The Morgan fingerprint density at radius 1 is 0.897 bits per heavy atom. The van der Waals surface area contributed by atoms with E-state index in [4.69, 9.17) is 0 Å². The predicted octanol–water partition coefficient (Wildman–Crippen LogP) is 3.96. The van der Waals surface area contributed by atoms with Gasteiger partial charge in [-0.15, -0.1) is 0 Å². The van der Waals surface area contributed by atoms with Gasteiger partial charge in [-0.2, -0.15) is 0 Å². The fraction of sp³-hybridized carbons (Fsp3) is 0.0500. The number of rotatable bonds is 6. The second-order valence-corrected chi connectivity index (χ2v) is 7.84. The molecule has 1 amide bonds. The number of benzene rings is 3. The van der Waals surface area contributed by atoms with Crippen molar-refractivity contribution < 1.29 is 18.1 Å². The van der Waals surface area contributed by atoms with E-state index < -0.39 is 20.9 Å². The maximum Gasteiger partial charge on any atom is 0.273 e. The highest BCUT2D eigenvalue weighted by atomic mass is 32.2. The SMILES string of the molecule is Cc1c(C(=O)Nc2ccc(S(=O)(=O)Nc3ccccc3)cc2)cccc1[N+](=O)[O-]. The Kier molecular flexibility index (Phi) is 5.60. The normalized spacial score (nSPS) is 10.9. The average Bonchev–Trinajstić information content (AvgIpc) is 2.68. The lowest BCUT2D eigenvalue weighted by molar-refractivity contribution is -0.385. The van der Waals surface area contributed by atoms with Crippen LogP contribution in [0.1, 0.15) is 15.9 Å². The van der Waals surface area contributed by atoms with E-state index in [0.717, 1.165) is 0 Å². The molecule has 0 unspecified atom stereocenters. The number of para-hydroxylation sites is 1. The molecule has 2 N–H and O–H groups in total. The van der Waals surface area contributed by atoms with Crippen molar-refractivity contribution >= 4 is 33.0 Å². The Labute approximate surface area is 167 Å². The van der Waals surface area contributed by atoms with Gasteiger partial charge in [0.1, 0.15) is 0 Å². The van der Waals surface area contributed by atoms with Gasteiger partial charge in [0.15, 0.2) is 0 Å². The summed E-state index contributed by atoms with van der Waals surface area (Å²) in [6.07, 6.45) is 0. The first-order valence-electron chi connectivity index (χ1n) is 8.51. The molecule has 0 radical (unpaired) electrons. The third-order valence-electron chi connectivity index (χ3n) is 4.20. The van der Waals surface area contributed by atoms with Gasteiger partial charge in [-0.1, -0.05) is 24.3 Å². The lowest BCUT2D eigenvalue weighted by atomic mass is 10.1. The number of nitrogens with zero attached hydrogens (tertiary/aromatic N) is 1. The zero-order valence-electron chi connectivity index (χ0n) is 15.3. The van der Waals surface area contributed by atoms with Crippen LogP contribution in [0.4, 0.5) is 17.1 Å². The lowest BCUT2D eigenvalue weighted by Gasteiger charge is -2.10. The number of nitrogens with one attached hydrogen (secondary N) is 2. The number of nitro groups is 1. The highest BCUT2D eigenvalue weighted by Gasteiger charge is 2.18. The summed E-state index contributed by atoms with van der Waals surface area (Å²) in [5, 5.41) is 13.6.